The number of amides is 1. The lowest BCUT2D eigenvalue weighted by Gasteiger charge is -2.41. The Kier molecular flexibility index (Phi) is 7.39. The minimum absolute atomic E-state index is 0.0675. The standard InChI is InChI=1S/C26H37F3N2O2/c1-18(2)25(11-6-23(17-25)30-22-9-14-33-15-10-22)24(32)31-12-7-19(8-13-31)20-4-3-5-21(16-20)26(27,28)29/h3-5,16,18-19,22-23,30H,6-15,17H2,1-2H3/t23-,25?/m1/s1. The Morgan fingerprint density at radius 3 is 2.42 bits per heavy atom. The van der Waals surface area contributed by atoms with E-state index in [1.54, 1.807) is 6.07 Å². The molecule has 4 rings (SSSR count). The molecule has 2 heterocycles. The molecule has 3 fully saturated rings. The van der Waals surface area contributed by atoms with Gasteiger partial charge in [-0.1, -0.05) is 32.0 Å². The van der Waals surface area contributed by atoms with E-state index in [2.05, 4.69) is 19.2 Å². The van der Waals surface area contributed by atoms with Crippen LogP contribution in [0, 0.1) is 11.3 Å². The van der Waals surface area contributed by atoms with Crippen molar-refractivity contribution in [3.05, 3.63) is 35.4 Å². The van der Waals surface area contributed by atoms with Crippen LogP contribution in [0.25, 0.3) is 0 Å². The quantitative estimate of drug-likeness (QED) is 0.634. The van der Waals surface area contributed by atoms with Crippen LogP contribution in [-0.2, 0) is 15.7 Å². The molecule has 1 aromatic rings. The molecule has 184 valence electrons. The van der Waals surface area contributed by atoms with E-state index >= 15 is 0 Å². The molecule has 4 nitrogen and oxygen atoms in total. The second-order valence-corrected chi connectivity index (χ2v) is 10.5. The summed E-state index contributed by atoms with van der Waals surface area (Å²) in [5.74, 6) is 0.571. The highest BCUT2D eigenvalue weighted by atomic mass is 19.4. The lowest BCUT2D eigenvalue weighted by Crippen LogP contribution is -2.49. The van der Waals surface area contributed by atoms with Gasteiger partial charge < -0.3 is 15.0 Å². The lowest BCUT2D eigenvalue weighted by atomic mass is 9.73. The van der Waals surface area contributed by atoms with E-state index in [0.29, 0.717) is 38.0 Å². The third-order valence-corrected chi connectivity index (χ3v) is 8.24. The van der Waals surface area contributed by atoms with Crippen molar-refractivity contribution in [2.45, 2.75) is 83.0 Å². The van der Waals surface area contributed by atoms with Crippen molar-refractivity contribution < 1.29 is 22.7 Å². The number of rotatable bonds is 5. The molecule has 7 heteroatoms. The molecule has 33 heavy (non-hydrogen) atoms. The summed E-state index contributed by atoms with van der Waals surface area (Å²) in [4.78, 5) is 15.7. The highest BCUT2D eigenvalue weighted by Gasteiger charge is 2.49. The van der Waals surface area contributed by atoms with E-state index < -0.39 is 11.7 Å². The topological polar surface area (TPSA) is 41.6 Å². The summed E-state index contributed by atoms with van der Waals surface area (Å²) in [6, 6.07) is 6.53. The fourth-order valence-electron chi connectivity index (χ4n) is 6.08. The first-order valence-corrected chi connectivity index (χ1v) is 12.5. The van der Waals surface area contributed by atoms with E-state index in [1.165, 1.54) is 12.1 Å². The number of hydrogen-bond acceptors (Lipinski definition) is 3. The van der Waals surface area contributed by atoms with Crippen molar-refractivity contribution in [3.63, 3.8) is 0 Å². The minimum Gasteiger partial charge on any atom is -0.381 e. The number of piperidine rings is 1. The van der Waals surface area contributed by atoms with Crippen LogP contribution < -0.4 is 5.32 Å². The van der Waals surface area contributed by atoms with Crippen molar-refractivity contribution in [3.8, 4) is 0 Å². The normalized spacial score (nSPS) is 27.9. The summed E-state index contributed by atoms with van der Waals surface area (Å²) in [7, 11) is 0. The summed E-state index contributed by atoms with van der Waals surface area (Å²) in [5.41, 5.74) is -0.199. The Bertz CT molecular complexity index is 814. The van der Waals surface area contributed by atoms with Gasteiger partial charge in [-0.2, -0.15) is 13.2 Å². The average molecular weight is 467 g/mol. The maximum atomic E-state index is 13.8. The number of nitrogens with zero attached hydrogens (tertiary/aromatic N) is 1. The number of carbonyl (C=O) groups excluding carboxylic acids is 1. The molecular formula is C26H37F3N2O2. The number of benzene rings is 1. The van der Waals surface area contributed by atoms with Crippen molar-refractivity contribution >= 4 is 5.91 Å². The number of alkyl halides is 3. The Balaban J connectivity index is 1.37. The van der Waals surface area contributed by atoms with Gasteiger partial charge in [-0.3, -0.25) is 4.79 Å². The molecule has 1 unspecified atom stereocenters. The summed E-state index contributed by atoms with van der Waals surface area (Å²) in [6.07, 6.45) is 1.95. The van der Waals surface area contributed by atoms with Gasteiger partial charge in [-0.05, 0) is 68.4 Å². The van der Waals surface area contributed by atoms with Crippen LogP contribution in [0.3, 0.4) is 0 Å². The molecule has 1 N–H and O–H groups in total. The highest BCUT2D eigenvalue weighted by molar-refractivity contribution is 5.83. The van der Waals surface area contributed by atoms with Crippen LogP contribution in [0.2, 0.25) is 0 Å². The van der Waals surface area contributed by atoms with Crippen LogP contribution in [0.5, 0.6) is 0 Å². The highest BCUT2D eigenvalue weighted by Crippen LogP contribution is 2.47. The molecule has 1 aliphatic carbocycles. The summed E-state index contributed by atoms with van der Waals surface area (Å²) in [6.45, 7) is 7.16. The van der Waals surface area contributed by atoms with Gasteiger partial charge in [0.05, 0.1) is 11.0 Å². The molecule has 0 spiro atoms. The number of ether oxygens (including phenoxy) is 1. The van der Waals surface area contributed by atoms with Gasteiger partial charge in [-0.15, -0.1) is 0 Å². The van der Waals surface area contributed by atoms with Crippen LogP contribution in [-0.4, -0.2) is 49.2 Å². The molecule has 0 bridgehead atoms. The Morgan fingerprint density at radius 2 is 1.79 bits per heavy atom. The maximum Gasteiger partial charge on any atom is 0.416 e. The molecule has 1 amide bonds. The minimum atomic E-state index is -4.33. The molecule has 1 saturated carbocycles. The third kappa shape index (κ3) is 5.40. The number of carbonyl (C=O) groups is 1. The Labute approximate surface area is 195 Å². The zero-order chi connectivity index (χ0) is 23.6. The van der Waals surface area contributed by atoms with Gasteiger partial charge in [0.15, 0.2) is 0 Å². The summed E-state index contributed by atoms with van der Waals surface area (Å²) >= 11 is 0. The summed E-state index contributed by atoms with van der Waals surface area (Å²) in [5, 5.41) is 3.79. The molecular weight excluding hydrogens is 429 g/mol. The SMILES string of the molecule is CC(C)C1(C(=O)N2CCC(c3cccc(C(F)(F)F)c3)CC2)CC[C@@H](NC2CCOCC2)C1. The zero-order valence-corrected chi connectivity index (χ0v) is 19.8. The molecule has 0 aromatic heterocycles. The van der Waals surface area contributed by atoms with Crippen molar-refractivity contribution in [1.29, 1.82) is 0 Å². The van der Waals surface area contributed by atoms with E-state index in [9.17, 15) is 18.0 Å². The molecule has 2 atom stereocenters. The smallest absolute Gasteiger partial charge is 0.381 e. The fraction of sp³-hybridized carbons (Fsp3) is 0.731. The number of halogens is 3. The van der Waals surface area contributed by atoms with Gasteiger partial charge in [0.25, 0.3) is 0 Å². The fourth-order valence-corrected chi connectivity index (χ4v) is 6.08. The largest absolute Gasteiger partial charge is 0.416 e. The monoisotopic (exact) mass is 466 g/mol. The van der Waals surface area contributed by atoms with E-state index in [4.69, 9.17) is 4.74 Å². The number of nitrogens with one attached hydrogen (secondary N) is 1. The maximum absolute atomic E-state index is 13.8. The first kappa shape index (κ1) is 24.5. The van der Waals surface area contributed by atoms with Crippen molar-refractivity contribution in [1.82, 2.24) is 10.2 Å². The first-order chi connectivity index (χ1) is 15.7. The summed E-state index contributed by atoms with van der Waals surface area (Å²) < 4.78 is 44.8. The van der Waals surface area contributed by atoms with Crippen LogP contribution >= 0.6 is 0 Å². The van der Waals surface area contributed by atoms with Crippen LogP contribution in [0.15, 0.2) is 24.3 Å². The average Bonchev–Trinajstić information content (AvgIpc) is 3.24. The second kappa shape index (κ2) is 9.95. The number of hydrogen-bond donors (Lipinski definition) is 1. The van der Waals surface area contributed by atoms with E-state index in [1.807, 2.05) is 4.90 Å². The zero-order valence-electron chi connectivity index (χ0n) is 19.8. The molecule has 2 saturated heterocycles. The second-order valence-electron chi connectivity index (χ2n) is 10.5. The number of likely N-dealkylation sites (tertiary alicyclic amines) is 1. The van der Waals surface area contributed by atoms with Gasteiger partial charge >= 0.3 is 6.18 Å². The lowest BCUT2D eigenvalue weighted by molar-refractivity contribution is -0.146. The van der Waals surface area contributed by atoms with Gasteiger partial charge in [0.2, 0.25) is 5.91 Å². The predicted octanol–water partition coefficient (Wildman–Crippen LogP) is 5.37. The molecule has 3 aliphatic rings. The van der Waals surface area contributed by atoms with Gasteiger partial charge in [0, 0.05) is 38.4 Å². The Hall–Kier alpha value is -1.60. The van der Waals surface area contributed by atoms with Crippen LogP contribution in [0.1, 0.15) is 75.8 Å². The molecule has 2 aliphatic heterocycles. The molecule has 1 aromatic carbocycles. The first-order valence-electron chi connectivity index (χ1n) is 12.5. The van der Waals surface area contributed by atoms with E-state index in [0.717, 1.165) is 56.9 Å². The van der Waals surface area contributed by atoms with Crippen molar-refractivity contribution in [2.24, 2.45) is 11.3 Å². The van der Waals surface area contributed by atoms with Crippen LogP contribution in [0.4, 0.5) is 13.2 Å². The third-order valence-electron chi connectivity index (χ3n) is 8.24. The van der Waals surface area contributed by atoms with Gasteiger partial charge in [0.1, 0.15) is 0 Å². The Morgan fingerprint density at radius 1 is 1.09 bits per heavy atom. The van der Waals surface area contributed by atoms with Crippen molar-refractivity contribution in [2.75, 3.05) is 26.3 Å². The predicted molar refractivity (Wildman–Crippen MR) is 122 cm³/mol. The van der Waals surface area contributed by atoms with E-state index in [-0.39, 0.29) is 23.2 Å². The van der Waals surface area contributed by atoms with Gasteiger partial charge in [-0.25, -0.2) is 0 Å². The molecule has 0 radical (unpaired) electrons.